The maximum absolute atomic E-state index is 4.35. The van der Waals surface area contributed by atoms with Gasteiger partial charge in [0, 0.05) is 23.3 Å². The first-order chi connectivity index (χ1) is 7.45. The first-order valence-corrected chi connectivity index (χ1v) is 4.73. The first-order valence-electron chi connectivity index (χ1n) is 4.73. The Labute approximate surface area is 84.4 Å². The number of H-pyrrole nitrogens is 1. The Hall–Kier alpha value is -2.23. The molecule has 2 aliphatic rings. The zero-order valence-electron chi connectivity index (χ0n) is 7.73. The second-order valence-corrected chi connectivity index (χ2v) is 3.54. The standard InChI is InChI=1S/C11H6N4/c1-3-12-8-6(1)10-11(15-5-14-10)7-2-4-13-9(7)8/h1-5,12H. The van der Waals surface area contributed by atoms with Crippen molar-refractivity contribution in [3.8, 4) is 0 Å². The minimum Gasteiger partial charge on any atom is -0.359 e. The second kappa shape index (κ2) is 2.23. The minimum atomic E-state index is 0.939. The van der Waals surface area contributed by atoms with Crippen LogP contribution in [0.1, 0.15) is 5.56 Å². The number of hydrogen-bond acceptors (Lipinski definition) is 3. The summed E-state index contributed by atoms with van der Waals surface area (Å²) in [7, 11) is 0. The molecule has 0 saturated heterocycles. The number of nitrogens with one attached hydrogen (secondary N) is 1. The molecule has 1 N–H and O–H groups in total. The average molecular weight is 194 g/mol. The van der Waals surface area contributed by atoms with E-state index < -0.39 is 0 Å². The van der Waals surface area contributed by atoms with Gasteiger partial charge in [0.05, 0.1) is 10.9 Å². The normalized spacial score (nSPS) is 15.2. The maximum Gasteiger partial charge on any atom is 0.116 e. The smallest absolute Gasteiger partial charge is 0.116 e. The summed E-state index contributed by atoms with van der Waals surface area (Å²) < 4.78 is 0. The van der Waals surface area contributed by atoms with Crippen molar-refractivity contribution >= 4 is 29.0 Å². The lowest BCUT2D eigenvalue weighted by atomic mass is 10.1. The van der Waals surface area contributed by atoms with Gasteiger partial charge >= 0.3 is 0 Å². The number of hydrogen-bond donors (Lipinski definition) is 1. The Morgan fingerprint density at radius 2 is 2.13 bits per heavy atom. The van der Waals surface area contributed by atoms with Crippen molar-refractivity contribution in [1.82, 2.24) is 4.98 Å². The summed E-state index contributed by atoms with van der Waals surface area (Å²) in [5.41, 5.74) is 3.05. The van der Waals surface area contributed by atoms with E-state index in [4.69, 9.17) is 0 Å². The summed E-state index contributed by atoms with van der Waals surface area (Å²) in [5.74, 6) is 0. The number of aromatic amines is 1. The predicted molar refractivity (Wildman–Crippen MR) is 57.8 cm³/mol. The van der Waals surface area contributed by atoms with Crippen LogP contribution in [0.3, 0.4) is 0 Å². The first kappa shape index (κ1) is 7.11. The summed E-state index contributed by atoms with van der Waals surface area (Å²) >= 11 is 0. The third-order valence-corrected chi connectivity index (χ3v) is 2.79. The van der Waals surface area contributed by atoms with Crippen molar-refractivity contribution in [1.29, 1.82) is 0 Å². The topological polar surface area (TPSA) is 52.9 Å². The van der Waals surface area contributed by atoms with Gasteiger partial charge in [0.15, 0.2) is 0 Å². The number of rotatable bonds is 0. The highest BCUT2D eigenvalue weighted by atomic mass is 14.9. The van der Waals surface area contributed by atoms with Crippen molar-refractivity contribution in [3.05, 3.63) is 34.7 Å². The second-order valence-electron chi connectivity index (χ2n) is 3.54. The minimum absolute atomic E-state index is 0.939. The Morgan fingerprint density at radius 3 is 3.13 bits per heavy atom. The summed E-state index contributed by atoms with van der Waals surface area (Å²) in [5, 5.41) is 3.02. The van der Waals surface area contributed by atoms with Gasteiger partial charge in [-0.1, -0.05) is 0 Å². The van der Waals surface area contributed by atoms with Crippen molar-refractivity contribution in [2.24, 2.45) is 15.0 Å². The average Bonchev–Trinajstić information content (AvgIpc) is 2.97. The number of aliphatic imine (C=N–C) groups is 1. The fourth-order valence-electron chi connectivity index (χ4n) is 2.15. The Balaban J connectivity index is 2.46. The van der Waals surface area contributed by atoms with Crippen molar-refractivity contribution in [2.75, 3.05) is 0 Å². The van der Waals surface area contributed by atoms with Crippen molar-refractivity contribution < 1.29 is 0 Å². The van der Waals surface area contributed by atoms with E-state index in [-0.39, 0.29) is 0 Å². The highest BCUT2D eigenvalue weighted by molar-refractivity contribution is 5.90. The molecule has 0 radical (unpaired) electrons. The molecule has 4 nitrogen and oxygen atoms in total. The van der Waals surface area contributed by atoms with Crippen molar-refractivity contribution in [3.63, 3.8) is 0 Å². The van der Waals surface area contributed by atoms with E-state index in [0.717, 1.165) is 32.9 Å². The van der Waals surface area contributed by atoms with E-state index in [2.05, 4.69) is 20.0 Å². The van der Waals surface area contributed by atoms with Gasteiger partial charge in [-0.05, 0) is 12.1 Å². The molecule has 4 rings (SSSR count). The van der Waals surface area contributed by atoms with Gasteiger partial charge in [-0.25, -0.2) is 9.98 Å². The zero-order chi connectivity index (χ0) is 9.83. The lowest BCUT2D eigenvalue weighted by Gasteiger charge is -1.97. The van der Waals surface area contributed by atoms with Gasteiger partial charge in [-0.15, -0.1) is 0 Å². The molecule has 1 aromatic heterocycles. The largest absolute Gasteiger partial charge is 0.359 e. The van der Waals surface area contributed by atoms with E-state index in [1.807, 2.05) is 18.3 Å². The molecule has 2 aromatic rings. The Bertz CT molecular complexity index is 698. The third-order valence-electron chi connectivity index (χ3n) is 2.79. The van der Waals surface area contributed by atoms with Crippen LogP contribution in [0.4, 0.5) is 5.69 Å². The van der Waals surface area contributed by atoms with Crippen molar-refractivity contribution in [2.45, 2.75) is 0 Å². The van der Waals surface area contributed by atoms with Gasteiger partial charge in [0.2, 0.25) is 0 Å². The molecule has 0 saturated carbocycles. The molecule has 0 fully saturated rings. The number of nitrogens with zero attached hydrogens (tertiary/aromatic N) is 3. The molecule has 0 bridgehead atoms. The van der Waals surface area contributed by atoms with Gasteiger partial charge in [-0.2, -0.15) is 0 Å². The molecule has 1 aromatic carbocycles. The molecule has 2 aliphatic heterocycles. The summed E-state index contributed by atoms with van der Waals surface area (Å²) in [6.45, 7) is 0. The van der Waals surface area contributed by atoms with Crippen LogP contribution in [-0.4, -0.2) is 11.3 Å². The molecular formula is C11H6N4. The van der Waals surface area contributed by atoms with E-state index >= 15 is 0 Å². The third kappa shape index (κ3) is 0.710. The van der Waals surface area contributed by atoms with Crippen LogP contribution in [0.2, 0.25) is 0 Å². The molecular weight excluding hydrogens is 188 g/mol. The molecule has 0 unspecified atom stereocenters. The van der Waals surface area contributed by atoms with E-state index in [0.29, 0.717) is 0 Å². The highest BCUT2D eigenvalue weighted by Gasteiger charge is 2.16. The Kier molecular flexibility index (Phi) is 1.06. The molecule has 0 atom stereocenters. The van der Waals surface area contributed by atoms with Gasteiger partial charge in [0.25, 0.3) is 0 Å². The zero-order valence-corrected chi connectivity index (χ0v) is 7.73. The monoisotopic (exact) mass is 194 g/mol. The summed E-state index contributed by atoms with van der Waals surface area (Å²) in [4.78, 5) is 16.1. The number of aromatic nitrogens is 1. The molecule has 4 heteroatoms. The fraction of sp³-hybridized carbons (Fsp3) is 0. The van der Waals surface area contributed by atoms with E-state index in [9.17, 15) is 0 Å². The predicted octanol–water partition coefficient (Wildman–Crippen LogP) is 1.06. The van der Waals surface area contributed by atoms with Gasteiger partial charge < -0.3 is 4.98 Å². The molecule has 0 amide bonds. The molecule has 0 spiro atoms. The lowest BCUT2D eigenvalue weighted by Crippen LogP contribution is -2.13. The summed E-state index contributed by atoms with van der Waals surface area (Å²) in [6.07, 6.45) is 7.29. The lowest BCUT2D eigenvalue weighted by molar-refractivity contribution is 1.35. The van der Waals surface area contributed by atoms with Crippen LogP contribution in [0, 0.1) is 0 Å². The van der Waals surface area contributed by atoms with E-state index in [1.165, 1.54) is 0 Å². The quantitative estimate of drug-likeness (QED) is 0.652. The van der Waals surface area contributed by atoms with Crippen LogP contribution in [0.15, 0.2) is 33.4 Å². The molecule has 3 heterocycles. The van der Waals surface area contributed by atoms with Crippen LogP contribution in [0.5, 0.6) is 0 Å². The van der Waals surface area contributed by atoms with Gasteiger partial charge in [-0.3, -0.25) is 4.99 Å². The van der Waals surface area contributed by atoms with E-state index in [1.54, 1.807) is 12.5 Å². The number of fused-ring (bicyclic) bond motifs is 6. The number of benzene rings is 1. The summed E-state index contributed by atoms with van der Waals surface area (Å²) in [6, 6.07) is 2.01. The van der Waals surface area contributed by atoms with Crippen LogP contribution in [-0.2, 0) is 0 Å². The molecule has 15 heavy (non-hydrogen) atoms. The highest BCUT2D eigenvalue weighted by Crippen LogP contribution is 2.21. The van der Waals surface area contributed by atoms with Crippen LogP contribution < -0.4 is 10.7 Å². The fourth-order valence-corrected chi connectivity index (χ4v) is 2.15. The van der Waals surface area contributed by atoms with Gasteiger partial charge in [0.1, 0.15) is 17.4 Å². The molecule has 70 valence electrons. The van der Waals surface area contributed by atoms with Crippen LogP contribution >= 0.6 is 0 Å². The SMILES string of the molecule is C1=Cc2c3c(c4cc[nH]c4c2=N1)=NC=N3. The maximum atomic E-state index is 4.35. The van der Waals surface area contributed by atoms with Crippen LogP contribution in [0.25, 0.3) is 17.0 Å². The molecule has 0 aliphatic carbocycles. The Morgan fingerprint density at radius 1 is 1.13 bits per heavy atom.